The van der Waals surface area contributed by atoms with Crippen molar-refractivity contribution in [3.05, 3.63) is 46.2 Å². The van der Waals surface area contributed by atoms with Gasteiger partial charge in [-0.25, -0.2) is 0 Å². The Kier molecular flexibility index (Phi) is 4.15. The van der Waals surface area contributed by atoms with E-state index in [9.17, 15) is 0 Å². The molecular formula is C15H20ClN3. The molecule has 19 heavy (non-hydrogen) atoms. The Morgan fingerprint density at radius 1 is 1.21 bits per heavy atom. The number of aryl methyl sites for hydroxylation is 3. The molecule has 2 aromatic rings. The molecule has 0 aliphatic carbocycles. The molecule has 0 spiro atoms. The summed E-state index contributed by atoms with van der Waals surface area (Å²) in [7, 11) is 1.88. The van der Waals surface area contributed by atoms with E-state index in [1.165, 1.54) is 11.3 Å². The molecule has 0 atom stereocenters. The summed E-state index contributed by atoms with van der Waals surface area (Å²) in [5.41, 5.74) is 4.59. The fraction of sp³-hybridized carbons (Fsp3) is 0.400. The Bertz CT molecular complexity index is 558. The van der Waals surface area contributed by atoms with Crippen molar-refractivity contribution in [3.63, 3.8) is 0 Å². The average molecular weight is 278 g/mol. The Hall–Kier alpha value is -1.48. The van der Waals surface area contributed by atoms with Crippen molar-refractivity contribution in [2.45, 2.75) is 27.3 Å². The van der Waals surface area contributed by atoms with E-state index < -0.39 is 0 Å². The third kappa shape index (κ3) is 2.92. The summed E-state index contributed by atoms with van der Waals surface area (Å²) < 4.78 is 1.73. The monoisotopic (exact) mass is 277 g/mol. The van der Waals surface area contributed by atoms with Gasteiger partial charge < -0.3 is 4.90 Å². The maximum Gasteiger partial charge on any atom is 0.131 e. The van der Waals surface area contributed by atoms with Gasteiger partial charge in [0.05, 0.1) is 5.69 Å². The SMILES string of the molecule is CCN(Cc1c(C)nn(C)c1Cl)c1ccc(C)cc1. The highest BCUT2D eigenvalue weighted by molar-refractivity contribution is 6.30. The number of hydrogen-bond donors (Lipinski definition) is 0. The maximum absolute atomic E-state index is 6.30. The number of nitrogens with zero attached hydrogens (tertiary/aromatic N) is 3. The number of hydrogen-bond acceptors (Lipinski definition) is 2. The Morgan fingerprint density at radius 3 is 2.32 bits per heavy atom. The zero-order valence-corrected chi connectivity index (χ0v) is 12.7. The highest BCUT2D eigenvalue weighted by atomic mass is 35.5. The van der Waals surface area contributed by atoms with Gasteiger partial charge in [-0.2, -0.15) is 5.10 Å². The van der Waals surface area contributed by atoms with Crippen molar-refractivity contribution in [3.8, 4) is 0 Å². The van der Waals surface area contributed by atoms with Gasteiger partial charge in [-0.1, -0.05) is 29.3 Å². The summed E-state index contributed by atoms with van der Waals surface area (Å²) in [6.45, 7) is 7.98. The van der Waals surface area contributed by atoms with Crippen LogP contribution in [-0.2, 0) is 13.6 Å². The molecule has 1 aromatic heterocycles. The molecule has 0 unspecified atom stereocenters. The van der Waals surface area contributed by atoms with E-state index in [0.29, 0.717) is 0 Å². The van der Waals surface area contributed by atoms with Crippen molar-refractivity contribution in [2.24, 2.45) is 7.05 Å². The molecule has 1 heterocycles. The lowest BCUT2D eigenvalue weighted by atomic mass is 10.2. The van der Waals surface area contributed by atoms with Crippen molar-refractivity contribution >= 4 is 17.3 Å². The standard InChI is InChI=1S/C15H20ClN3/c1-5-19(13-8-6-11(2)7-9-13)10-14-12(3)17-18(4)15(14)16/h6-9H,5,10H2,1-4H3. The van der Waals surface area contributed by atoms with Crippen LogP contribution >= 0.6 is 11.6 Å². The van der Waals surface area contributed by atoms with E-state index in [1.54, 1.807) is 4.68 Å². The van der Waals surface area contributed by atoms with E-state index >= 15 is 0 Å². The van der Waals surface area contributed by atoms with Crippen LogP contribution in [0.3, 0.4) is 0 Å². The molecule has 102 valence electrons. The van der Waals surface area contributed by atoms with Gasteiger partial charge in [0.15, 0.2) is 0 Å². The number of halogens is 1. The minimum absolute atomic E-state index is 0.725. The molecular weight excluding hydrogens is 258 g/mol. The topological polar surface area (TPSA) is 21.1 Å². The molecule has 0 aliphatic rings. The first-order valence-electron chi connectivity index (χ1n) is 6.52. The second-order valence-corrected chi connectivity index (χ2v) is 5.19. The van der Waals surface area contributed by atoms with Gasteiger partial charge in [0.1, 0.15) is 5.15 Å². The first kappa shape index (κ1) is 13.9. The molecule has 0 radical (unpaired) electrons. The minimum Gasteiger partial charge on any atom is -0.367 e. The first-order valence-corrected chi connectivity index (χ1v) is 6.90. The van der Waals surface area contributed by atoms with Crippen LogP contribution in [0.25, 0.3) is 0 Å². The molecule has 4 heteroatoms. The number of aromatic nitrogens is 2. The molecule has 0 N–H and O–H groups in total. The lowest BCUT2D eigenvalue weighted by Crippen LogP contribution is -2.22. The number of benzene rings is 1. The fourth-order valence-electron chi connectivity index (χ4n) is 2.19. The first-order chi connectivity index (χ1) is 9.02. The number of rotatable bonds is 4. The van der Waals surface area contributed by atoms with Crippen LogP contribution in [0.1, 0.15) is 23.7 Å². The molecule has 0 fully saturated rings. The van der Waals surface area contributed by atoms with Crippen molar-refractivity contribution in [2.75, 3.05) is 11.4 Å². The molecule has 1 aromatic carbocycles. The largest absolute Gasteiger partial charge is 0.367 e. The quantitative estimate of drug-likeness (QED) is 0.849. The fourth-order valence-corrected chi connectivity index (χ4v) is 2.42. The third-order valence-corrected chi connectivity index (χ3v) is 3.87. The van der Waals surface area contributed by atoms with Crippen LogP contribution in [0.2, 0.25) is 5.15 Å². The lowest BCUT2D eigenvalue weighted by Gasteiger charge is -2.23. The molecule has 0 bridgehead atoms. The summed E-state index contributed by atoms with van der Waals surface area (Å²) in [6.07, 6.45) is 0. The average Bonchev–Trinajstić information content (AvgIpc) is 2.63. The van der Waals surface area contributed by atoms with Crippen molar-refractivity contribution in [1.29, 1.82) is 0 Å². The molecule has 0 amide bonds. The maximum atomic E-state index is 6.30. The predicted octanol–water partition coefficient (Wildman–Crippen LogP) is 3.72. The van der Waals surface area contributed by atoms with E-state index in [0.717, 1.165) is 29.5 Å². The zero-order chi connectivity index (χ0) is 14.0. The van der Waals surface area contributed by atoms with Gasteiger partial charge in [0, 0.05) is 31.4 Å². The predicted molar refractivity (Wildman–Crippen MR) is 80.9 cm³/mol. The Labute approximate surface area is 119 Å². The van der Waals surface area contributed by atoms with Gasteiger partial charge in [-0.3, -0.25) is 4.68 Å². The highest BCUT2D eigenvalue weighted by Crippen LogP contribution is 2.24. The van der Waals surface area contributed by atoms with Gasteiger partial charge in [-0.15, -0.1) is 0 Å². The zero-order valence-electron chi connectivity index (χ0n) is 11.9. The summed E-state index contributed by atoms with van der Waals surface area (Å²) in [5, 5.41) is 5.09. The van der Waals surface area contributed by atoms with Crippen LogP contribution in [0, 0.1) is 13.8 Å². The van der Waals surface area contributed by atoms with E-state index in [-0.39, 0.29) is 0 Å². The smallest absolute Gasteiger partial charge is 0.131 e. The third-order valence-electron chi connectivity index (χ3n) is 3.40. The molecule has 0 saturated heterocycles. The normalized spacial score (nSPS) is 10.8. The van der Waals surface area contributed by atoms with Gasteiger partial charge >= 0.3 is 0 Å². The van der Waals surface area contributed by atoms with Crippen LogP contribution in [-0.4, -0.2) is 16.3 Å². The Morgan fingerprint density at radius 2 is 1.84 bits per heavy atom. The molecule has 0 saturated carbocycles. The van der Waals surface area contributed by atoms with E-state index in [2.05, 4.69) is 48.1 Å². The van der Waals surface area contributed by atoms with Crippen LogP contribution in [0.15, 0.2) is 24.3 Å². The van der Waals surface area contributed by atoms with Crippen LogP contribution in [0.4, 0.5) is 5.69 Å². The van der Waals surface area contributed by atoms with Crippen molar-refractivity contribution in [1.82, 2.24) is 9.78 Å². The summed E-state index contributed by atoms with van der Waals surface area (Å²) in [5.74, 6) is 0. The molecule has 0 aliphatic heterocycles. The van der Waals surface area contributed by atoms with E-state index in [4.69, 9.17) is 11.6 Å². The summed E-state index contributed by atoms with van der Waals surface area (Å²) in [4.78, 5) is 2.30. The van der Waals surface area contributed by atoms with Gasteiger partial charge in [0.2, 0.25) is 0 Å². The molecule has 3 nitrogen and oxygen atoms in total. The van der Waals surface area contributed by atoms with Gasteiger partial charge in [-0.05, 0) is 32.9 Å². The lowest BCUT2D eigenvalue weighted by molar-refractivity contribution is 0.757. The van der Waals surface area contributed by atoms with Crippen LogP contribution < -0.4 is 4.90 Å². The molecule has 2 rings (SSSR count). The number of anilines is 1. The summed E-state index contributed by atoms with van der Waals surface area (Å²) in [6, 6.07) is 8.57. The van der Waals surface area contributed by atoms with Crippen molar-refractivity contribution < 1.29 is 0 Å². The highest BCUT2D eigenvalue weighted by Gasteiger charge is 2.14. The second-order valence-electron chi connectivity index (χ2n) is 4.83. The minimum atomic E-state index is 0.725. The van der Waals surface area contributed by atoms with Gasteiger partial charge in [0.25, 0.3) is 0 Å². The van der Waals surface area contributed by atoms with E-state index in [1.807, 2.05) is 14.0 Å². The summed E-state index contributed by atoms with van der Waals surface area (Å²) >= 11 is 6.30. The Balaban J connectivity index is 2.26. The van der Waals surface area contributed by atoms with Crippen LogP contribution in [0.5, 0.6) is 0 Å². The second kappa shape index (κ2) is 5.66.